The molecule has 0 amide bonds. The van der Waals surface area contributed by atoms with Crippen LogP contribution in [0.2, 0.25) is 5.02 Å². The maximum Gasteiger partial charge on any atom is 0.280 e. The molecule has 0 fully saturated rings. The molecule has 0 aromatic heterocycles. The fourth-order valence-electron chi connectivity index (χ4n) is 1.98. The van der Waals surface area contributed by atoms with Gasteiger partial charge in [-0.25, -0.2) is 0 Å². The monoisotopic (exact) mass is 445 g/mol. The SMILES string of the molecule is O=C(c1ccccc1[N+](=O)[O-])[C@H](Br)[C@@H](Br)c1ccccc1Cl. The molecular formula is C15H10Br2ClNO3. The third-order valence-electron chi connectivity index (χ3n) is 3.08. The number of nitro groups is 1. The molecule has 0 N–H and O–H groups in total. The predicted octanol–water partition coefficient (Wildman–Crippen LogP) is 5.33. The van der Waals surface area contributed by atoms with Gasteiger partial charge in [-0.2, -0.15) is 0 Å². The summed E-state index contributed by atoms with van der Waals surface area (Å²) in [5.74, 6) is -0.380. The highest BCUT2D eigenvalue weighted by atomic mass is 79.9. The summed E-state index contributed by atoms with van der Waals surface area (Å²) >= 11 is 12.9. The molecule has 4 nitrogen and oxygen atoms in total. The first kappa shape index (κ1) is 17.1. The highest BCUT2D eigenvalue weighted by Gasteiger charge is 2.31. The molecule has 2 rings (SSSR count). The topological polar surface area (TPSA) is 60.2 Å². The largest absolute Gasteiger partial charge is 0.293 e. The number of benzene rings is 2. The first-order valence-corrected chi connectivity index (χ1v) is 8.44. The van der Waals surface area contributed by atoms with Gasteiger partial charge < -0.3 is 0 Å². The number of ketones is 1. The van der Waals surface area contributed by atoms with E-state index in [1.807, 2.05) is 6.07 Å². The molecule has 0 bridgehead atoms. The Morgan fingerprint density at radius 3 is 2.32 bits per heavy atom. The van der Waals surface area contributed by atoms with Crippen molar-refractivity contribution < 1.29 is 9.72 Å². The van der Waals surface area contributed by atoms with Crippen LogP contribution in [-0.4, -0.2) is 15.5 Å². The third kappa shape index (κ3) is 3.56. The van der Waals surface area contributed by atoms with Crippen molar-refractivity contribution in [2.75, 3.05) is 0 Å². The minimum Gasteiger partial charge on any atom is -0.293 e. The van der Waals surface area contributed by atoms with E-state index in [2.05, 4.69) is 31.9 Å². The van der Waals surface area contributed by atoms with E-state index < -0.39 is 14.6 Å². The zero-order valence-electron chi connectivity index (χ0n) is 11.1. The fourth-order valence-corrected chi connectivity index (χ4v) is 3.53. The summed E-state index contributed by atoms with van der Waals surface area (Å²) in [6.45, 7) is 0. The van der Waals surface area contributed by atoms with E-state index in [4.69, 9.17) is 11.6 Å². The van der Waals surface area contributed by atoms with Gasteiger partial charge in [0.2, 0.25) is 0 Å². The van der Waals surface area contributed by atoms with Crippen molar-refractivity contribution in [1.29, 1.82) is 0 Å². The van der Waals surface area contributed by atoms with Crippen LogP contribution in [0.5, 0.6) is 0 Å². The summed E-state index contributed by atoms with van der Waals surface area (Å²) < 4.78 is 0. The molecule has 114 valence electrons. The number of Topliss-reactive ketones (excluding diaryl/α,β-unsaturated/α-hetero) is 1. The van der Waals surface area contributed by atoms with Crippen molar-refractivity contribution in [3.05, 3.63) is 74.8 Å². The van der Waals surface area contributed by atoms with Crippen LogP contribution in [0, 0.1) is 10.1 Å². The Morgan fingerprint density at radius 2 is 1.68 bits per heavy atom. The molecule has 2 atom stereocenters. The van der Waals surface area contributed by atoms with E-state index in [1.54, 1.807) is 24.3 Å². The third-order valence-corrected chi connectivity index (χ3v) is 6.10. The zero-order chi connectivity index (χ0) is 16.3. The van der Waals surface area contributed by atoms with Gasteiger partial charge in [-0.05, 0) is 17.7 Å². The summed E-state index contributed by atoms with van der Waals surface area (Å²) in [7, 11) is 0. The van der Waals surface area contributed by atoms with Crippen molar-refractivity contribution in [3.63, 3.8) is 0 Å². The van der Waals surface area contributed by atoms with Crippen LogP contribution in [0.3, 0.4) is 0 Å². The number of para-hydroxylation sites is 1. The second-order valence-electron chi connectivity index (χ2n) is 4.46. The maximum atomic E-state index is 12.6. The number of carbonyl (C=O) groups is 1. The molecule has 7 heteroatoms. The van der Waals surface area contributed by atoms with Crippen LogP contribution in [0.4, 0.5) is 5.69 Å². The molecule has 0 aliphatic rings. The van der Waals surface area contributed by atoms with Gasteiger partial charge in [0.25, 0.3) is 5.69 Å². The lowest BCUT2D eigenvalue weighted by atomic mass is 10.0. The summed E-state index contributed by atoms with van der Waals surface area (Å²) in [4.78, 5) is 22.0. The van der Waals surface area contributed by atoms with Crippen LogP contribution < -0.4 is 0 Å². The van der Waals surface area contributed by atoms with Crippen LogP contribution in [0.1, 0.15) is 20.7 Å². The normalized spacial score (nSPS) is 13.4. The number of nitrogens with zero attached hydrogens (tertiary/aromatic N) is 1. The molecule has 0 radical (unpaired) electrons. The smallest absolute Gasteiger partial charge is 0.280 e. The van der Waals surface area contributed by atoms with Crippen molar-refractivity contribution in [3.8, 4) is 0 Å². The molecular weight excluding hydrogens is 437 g/mol. The fraction of sp³-hybridized carbons (Fsp3) is 0.133. The van der Waals surface area contributed by atoms with E-state index in [9.17, 15) is 14.9 Å². The number of hydrogen-bond acceptors (Lipinski definition) is 3. The zero-order valence-corrected chi connectivity index (χ0v) is 15.0. The van der Waals surface area contributed by atoms with E-state index in [0.717, 1.165) is 5.56 Å². The van der Waals surface area contributed by atoms with Crippen LogP contribution in [-0.2, 0) is 0 Å². The van der Waals surface area contributed by atoms with Gasteiger partial charge in [0.05, 0.1) is 20.1 Å². The molecule has 0 saturated heterocycles. The van der Waals surface area contributed by atoms with Gasteiger partial charge in [0.1, 0.15) is 0 Å². The van der Waals surface area contributed by atoms with Crippen molar-refractivity contribution in [2.24, 2.45) is 0 Å². The van der Waals surface area contributed by atoms with Gasteiger partial charge in [0, 0.05) is 11.1 Å². The summed E-state index contributed by atoms with van der Waals surface area (Å²) in [6.07, 6.45) is 0. The Bertz CT molecular complexity index is 723. The Hall–Kier alpha value is -1.24. The van der Waals surface area contributed by atoms with Crippen molar-refractivity contribution in [2.45, 2.75) is 9.65 Å². The number of carbonyl (C=O) groups excluding carboxylic acids is 1. The minimum absolute atomic E-state index is 0.0610. The van der Waals surface area contributed by atoms with Crippen LogP contribution >= 0.6 is 43.5 Å². The Labute approximate surface area is 148 Å². The predicted molar refractivity (Wildman–Crippen MR) is 93.3 cm³/mol. The quantitative estimate of drug-likeness (QED) is 0.269. The minimum atomic E-state index is -0.687. The summed E-state index contributed by atoms with van der Waals surface area (Å²) in [5, 5.41) is 11.6. The number of alkyl halides is 2. The molecule has 0 aliphatic carbocycles. The van der Waals surface area contributed by atoms with Crippen molar-refractivity contribution in [1.82, 2.24) is 0 Å². The lowest BCUT2D eigenvalue weighted by Crippen LogP contribution is -2.20. The standard InChI is InChI=1S/C15H10Br2ClNO3/c16-13(9-5-1-3-7-11(9)18)14(17)15(20)10-6-2-4-8-12(10)19(21)22/h1-8,13-14H/t13-,14+/m0/s1. The molecule has 0 saturated carbocycles. The molecule has 0 spiro atoms. The Kier molecular flexibility index (Phi) is 5.72. The molecule has 0 unspecified atom stereocenters. The Morgan fingerprint density at radius 1 is 1.09 bits per heavy atom. The van der Waals surface area contributed by atoms with Gasteiger partial charge >= 0.3 is 0 Å². The molecule has 0 heterocycles. The molecule has 2 aromatic rings. The average molecular weight is 448 g/mol. The number of rotatable bonds is 5. The number of hydrogen-bond donors (Lipinski definition) is 0. The van der Waals surface area contributed by atoms with E-state index in [0.29, 0.717) is 5.02 Å². The highest BCUT2D eigenvalue weighted by Crippen LogP contribution is 2.37. The molecule has 22 heavy (non-hydrogen) atoms. The lowest BCUT2D eigenvalue weighted by molar-refractivity contribution is -0.385. The van der Waals surface area contributed by atoms with Gasteiger partial charge in [-0.3, -0.25) is 14.9 Å². The van der Waals surface area contributed by atoms with Crippen molar-refractivity contribution >= 4 is 54.9 Å². The van der Waals surface area contributed by atoms with Gasteiger partial charge in [-0.1, -0.05) is 73.8 Å². The lowest BCUT2D eigenvalue weighted by Gasteiger charge is -2.17. The summed E-state index contributed by atoms with van der Waals surface area (Å²) in [5.41, 5.74) is 0.583. The molecule has 0 aliphatic heterocycles. The van der Waals surface area contributed by atoms with E-state index in [-0.39, 0.29) is 17.0 Å². The Balaban J connectivity index is 2.34. The summed E-state index contributed by atoms with van der Waals surface area (Å²) in [6, 6.07) is 13.0. The number of nitro benzene ring substituents is 1. The van der Waals surface area contributed by atoms with Crippen LogP contribution in [0.15, 0.2) is 48.5 Å². The maximum absolute atomic E-state index is 12.6. The van der Waals surface area contributed by atoms with Crippen LogP contribution in [0.25, 0.3) is 0 Å². The highest BCUT2D eigenvalue weighted by molar-refractivity contribution is 9.12. The first-order valence-electron chi connectivity index (χ1n) is 6.23. The first-order chi connectivity index (χ1) is 10.4. The number of halogens is 3. The van der Waals surface area contributed by atoms with E-state index in [1.165, 1.54) is 18.2 Å². The average Bonchev–Trinajstić information content (AvgIpc) is 2.53. The second-order valence-corrected chi connectivity index (χ2v) is 6.84. The van der Waals surface area contributed by atoms with E-state index >= 15 is 0 Å². The van der Waals surface area contributed by atoms with Gasteiger partial charge in [-0.15, -0.1) is 0 Å². The molecule has 2 aromatic carbocycles. The van der Waals surface area contributed by atoms with Gasteiger partial charge in [0.15, 0.2) is 5.78 Å². The second kappa shape index (κ2) is 7.35.